The van der Waals surface area contributed by atoms with Crippen LogP contribution in [0.3, 0.4) is 0 Å². The van der Waals surface area contributed by atoms with Crippen LogP contribution >= 0.6 is 0 Å². The number of amides is 1. The third-order valence-corrected chi connectivity index (χ3v) is 1.47. The number of anilines is 1. The summed E-state index contributed by atoms with van der Waals surface area (Å²) in [5.74, 6) is -0.630. The largest absolute Gasteiger partial charge is 0.396 e. The van der Waals surface area contributed by atoms with Crippen molar-refractivity contribution < 1.29 is 14.3 Å². The Hall–Kier alpha value is -1.42. The molecule has 0 saturated heterocycles. The number of rotatable bonds is 3. The quantitative estimate of drug-likeness (QED) is 0.738. The first-order valence-electron chi connectivity index (χ1n) is 3.88. The van der Waals surface area contributed by atoms with Crippen molar-refractivity contribution in [3.63, 3.8) is 0 Å². The van der Waals surface area contributed by atoms with Crippen molar-refractivity contribution in [3.05, 3.63) is 30.1 Å². The molecule has 3 nitrogen and oxygen atoms in total. The SMILES string of the molecule is O=C(CCO)Nc1ccc(F)cc1. The van der Waals surface area contributed by atoms with E-state index in [1.807, 2.05) is 0 Å². The first-order valence-corrected chi connectivity index (χ1v) is 3.88. The molecule has 13 heavy (non-hydrogen) atoms. The number of aliphatic hydroxyl groups is 1. The molecule has 0 radical (unpaired) electrons. The molecular weight excluding hydrogens is 173 g/mol. The minimum Gasteiger partial charge on any atom is -0.396 e. The minimum absolute atomic E-state index is 0.0530. The Morgan fingerprint density at radius 1 is 1.38 bits per heavy atom. The predicted molar refractivity (Wildman–Crippen MR) is 46.7 cm³/mol. The Kier molecular flexibility index (Phi) is 3.40. The van der Waals surface area contributed by atoms with Gasteiger partial charge in [0.05, 0.1) is 13.0 Å². The van der Waals surface area contributed by atoms with E-state index in [0.717, 1.165) is 0 Å². The van der Waals surface area contributed by atoms with Gasteiger partial charge in [0.15, 0.2) is 0 Å². The molecule has 0 saturated carbocycles. The molecule has 2 N–H and O–H groups in total. The van der Waals surface area contributed by atoms with Gasteiger partial charge in [-0.1, -0.05) is 0 Å². The van der Waals surface area contributed by atoms with Crippen LogP contribution in [0, 0.1) is 5.82 Å². The number of carbonyl (C=O) groups excluding carboxylic acids is 1. The molecule has 1 aromatic rings. The van der Waals surface area contributed by atoms with Gasteiger partial charge >= 0.3 is 0 Å². The molecule has 1 rings (SSSR count). The lowest BCUT2D eigenvalue weighted by Gasteiger charge is -2.02. The topological polar surface area (TPSA) is 49.3 Å². The molecule has 0 aliphatic rings. The van der Waals surface area contributed by atoms with Crippen molar-refractivity contribution in [2.75, 3.05) is 11.9 Å². The van der Waals surface area contributed by atoms with E-state index >= 15 is 0 Å². The van der Waals surface area contributed by atoms with E-state index in [1.54, 1.807) is 0 Å². The Labute approximate surface area is 75.2 Å². The van der Waals surface area contributed by atoms with E-state index < -0.39 is 0 Å². The molecule has 70 valence electrons. The highest BCUT2D eigenvalue weighted by atomic mass is 19.1. The summed E-state index contributed by atoms with van der Waals surface area (Å²) in [6.45, 7) is -0.187. The van der Waals surface area contributed by atoms with Gasteiger partial charge in [-0.3, -0.25) is 4.79 Å². The van der Waals surface area contributed by atoms with Crippen molar-refractivity contribution in [1.82, 2.24) is 0 Å². The number of benzene rings is 1. The Bertz CT molecular complexity index is 284. The van der Waals surface area contributed by atoms with Crippen LogP contribution in [-0.2, 0) is 4.79 Å². The maximum absolute atomic E-state index is 12.4. The zero-order valence-corrected chi connectivity index (χ0v) is 6.96. The average Bonchev–Trinajstić information content (AvgIpc) is 2.09. The fourth-order valence-electron chi connectivity index (χ4n) is 0.858. The van der Waals surface area contributed by atoms with Gasteiger partial charge in [0.2, 0.25) is 5.91 Å². The third kappa shape index (κ3) is 3.21. The first kappa shape index (κ1) is 9.67. The van der Waals surface area contributed by atoms with Crippen LogP contribution in [0.5, 0.6) is 0 Å². The molecular formula is C9H10FNO2. The highest BCUT2D eigenvalue weighted by molar-refractivity contribution is 5.90. The van der Waals surface area contributed by atoms with E-state index in [0.29, 0.717) is 5.69 Å². The molecule has 0 bridgehead atoms. The number of nitrogens with one attached hydrogen (secondary N) is 1. The summed E-state index contributed by atoms with van der Waals surface area (Å²) in [6.07, 6.45) is 0.0530. The zero-order chi connectivity index (χ0) is 9.68. The van der Waals surface area contributed by atoms with Gasteiger partial charge in [0, 0.05) is 5.69 Å². The highest BCUT2D eigenvalue weighted by Gasteiger charge is 2.00. The highest BCUT2D eigenvalue weighted by Crippen LogP contribution is 2.08. The summed E-state index contributed by atoms with van der Waals surface area (Å²) in [4.78, 5) is 10.9. The van der Waals surface area contributed by atoms with Crippen molar-refractivity contribution in [1.29, 1.82) is 0 Å². The van der Waals surface area contributed by atoms with Gasteiger partial charge in [-0.15, -0.1) is 0 Å². The van der Waals surface area contributed by atoms with Crippen LogP contribution in [0.2, 0.25) is 0 Å². The second kappa shape index (κ2) is 4.57. The Balaban J connectivity index is 2.54. The lowest BCUT2D eigenvalue weighted by Crippen LogP contribution is -2.12. The molecule has 0 fully saturated rings. The third-order valence-electron chi connectivity index (χ3n) is 1.47. The van der Waals surface area contributed by atoms with E-state index in [2.05, 4.69) is 5.32 Å². The van der Waals surface area contributed by atoms with Gasteiger partial charge in [-0.2, -0.15) is 0 Å². The van der Waals surface area contributed by atoms with Crippen molar-refractivity contribution in [2.24, 2.45) is 0 Å². The second-order valence-electron chi connectivity index (χ2n) is 2.53. The van der Waals surface area contributed by atoms with Crippen LogP contribution < -0.4 is 5.32 Å². The summed E-state index contributed by atoms with van der Waals surface area (Å²) < 4.78 is 12.4. The fraction of sp³-hybridized carbons (Fsp3) is 0.222. The van der Waals surface area contributed by atoms with Crippen molar-refractivity contribution in [2.45, 2.75) is 6.42 Å². The smallest absolute Gasteiger partial charge is 0.226 e. The fourth-order valence-corrected chi connectivity index (χ4v) is 0.858. The van der Waals surface area contributed by atoms with Gasteiger partial charge in [-0.25, -0.2) is 4.39 Å². The minimum atomic E-state index is -0.347. The predicted octanol–water partition coefficient (Wildman–Crippen LogP) is 1.15. The van der Waals surface area contributed by atoms with Gasteiger partial charge in [-0.05, 0) is 24.3 Å². The van der Waals surface area contributed by atoms with E-state index in [1.165, 1.54) is 24.3 Å². The standard InChI is InChI=1S/C9H10FNO2/c10-7-1-3-8(4-2-7)11-9(13)5-6-12/h1-4,12H,5-6H2,(H,11,13). The lowest BCUT2D eigenvalue weighted by atomic mass is 10.3. The monoisotopic (exact) mass is 183 g/mol. The van der Waals surface area contributed by atoms with Crippen molar-refractivity contribution >= 4 is 11.6 Å². The number of hydrogen-bond acceptors (Lipinski definition) is 2. The van der Waals surface area contributed by atoms with Crippen LogP contribution in [0.15, 0.2) is 24.3 Å². The summed E-state index contributed by atoms with van der Waals surface area (Å²) in [7, 11) is 0. The average molecular weight is 183 g/mol. The number of hydrogen-bond donors (Lipinski definition) is 2. The molecule has 0 spiro atoms. The van der Waals surface area contributed by atoms with Crippen LogP contribution in [-0.4, -0.2) is 17.6 Å². The van der Waals surface area contributed by atoms with Crippen molar-refractivity contribution in [3.8, 4) is 0 Å². The molecule has 0 unspecified atom stereocenters. The van der Waals surface area contributed by atoms with E-state index in [-0.39, 0.29) is 24.8 Å². The Morgan fingerprint density at radius 2 is 2.00 bits per heavy atom. The van der Waals surface area contributed by atoms with Gasteiger partial charge in [0.25, 0.3) is 0 Å². The molecule has 1 aromatic carbocycles. The zero-order valence-electron chi connectivity index (χ0n) is 6.96. The number of aliphatic hydroxyl groups excluding tert-OH is 1. The maximum atomic E-state index is 12.4. The summed E-state index contributed by atoms with van der Waals surface area (Å²) in [5.41, 5.74) is 0.528. The number of halogens is 1. The molecule has 0 atom stereocenters. The normalized spacial score (nSPS) is 9.69. The molecule has 4 heteroatoms. The summed E-state index contributed by atoms with van der Waals surface area (Å²) in [6, 6.07) is 5.44. The molecule has 0 aliphatic carbocycles. The molecule has 0 aliphatic heterocycles. The maximum Gasteiger partial charge on any atom is 0.226 e. The lowest BCUT2D eigenvalue weighted by molar-refractivity contribution is -0.116. The Morgan fingerprint density at radius 3 is 2.54 bits per heavy atom. The first-order chi connectivity index (χ1) is 6.22. The molecule has 0 heterocycles. The molecule has 1 amide bonds. The van der Waals surface area contributed by atoms with Gasteiger partial charge in [0.1, 0.15) is 5.82 Å². The molecule has 0 aromatic heterocycles. The van der Waals surface area contributed by atoms with E-state index in [9.17, 15) is 9.18 Å². The summed E-state index contributed by atoms with van der Waals surface area (Å²) in [5, 5.41) is 10.9. The second-order valence-corrected chi connectivity index (χ2v) is 2.53. The van der Waals surface area contributed by atoms with Crippen LogP contribution in [0.25, 0.3) is 0 Å². The van der Waals surface area contributed by atoms with Crippen LogP contribution in [0.4, 0.5) is 10.1 Å². The number of carbonyl (C=O) groups is 1. The van der Waals surface area contributed by atoms with E-state index in [4.69, 9.17) is 5.11 Å². The van der Waals surface area contributed by atoms with Crippen LogP contribution in [0.1, 0.15) is 6.42 Å². The van der Waals surface area contributed by atoms with Gasteiger partial charge < -0.3 is 10.4 Å². The summed E-state index contributed by atoms with van der Waals surface area (Å²) >= 11 is 0.